The molecule has 1 saturated heterocycles. The van der Waals surface area contributed by atoms with Crippen LogP contribution in [0.25, 0.3) is 0 Å². The van der Waals surface area contributed by atoms with Crippen molar-refractivity contribution in [3.05, 3.63) is 33.8 Å². The van der Waals surface area contributed by atoms with E-state index in [-0.39, 0.29) is 5.54 Å². The Hall–Kier alpha value is -0.280. The van der Waals surface area contributed by atoms with Crippen molar-refractivity contribution in [2.75, 3.05) is 13.1 Å². The van der Waals surface area contributed by atoms with E-state index < -0.39 is 6.10 Å². The molecule has 1 aliphatic heterocycles. The number of rotatable bonds is 3. The predicted octanol–water partition coefficient (Wildman–Crippen LogP) is 3.90. The minimum atomic E-state index is -0.564. The maximum absolute atomic E-state index is 10.6. The highest BCUT2D eigenvalue weighted by Gasteiger charge is 2.36. The van der Waals surface area contributed by atoms with Crippen molar-refractivity contribution in [3.63, 3.8) is 0 Å². The topological polar surface area (TPSA) is 23.5 Å². The van der Waals surface area contributed by atoms with Gasteiger partial charge in [0, 0.05) is 5.54 Å². The maximum atomic E-state index is 10.6. The summed E-state index contributed by atoms with van der Waals surface area (Å²) in [6.45, 7) is 6.24. The van der Waals surface area contributed by atoms with Gasteiger partial charge in [-0.15, -0.1) is 0 Å². The van der Waals surface area contributed by atoms with Crippen LogP contribution in [0.2, 0.25) is 10.0 Å². The Kier molecular flexibility index (Phi) is 4.22. The first-order valence-corrected chi connectivity index (χ1v) is 7.06. The maximum Gasteiger partial charge on any atom is 0.0968 e. The Morgan fingerprint density at radius 2 is 1.78 bits per heavy atom. The van der Waals surface area contributed by atoms with Gasteiger partial charge in [0.2, 0.25) is 0 Å². The Balaban J connectivity index is 2.23. The molecule has 1 aromatic rings. The van der Waals surface area contributed by atoms with Crippen LogP contribution in [0, 0.1) is 0 Å². The Morgan fingerprint density at radius 1 is 1.17 bits per heavy atom. The van der Waals surface area contributed by atoms with Crippen molar-refractivity contribution in [2.24, 2.45) is 0 Å². The quantitative estimate of drug-likeness (QED) is 0.911. The molecule has 1 heterocycles. The number of aliphatic hydroxyl groups excluding tert-OH is 1. The molecule has 1 fully saturated rings. The molecule has 0 spiro atoms. The number of hydrogen-bond donors (Lipinski definition) is 1. The normalized spacial score (nSPS) is 19.2. The first-order chi connectivity index (χ1) is 8.43. The van der Waals surface area contributed by atoms with Crippen LogP contribution < -0.4 is 0 Å². The fourth-order valence-electron chi connectivity index (χ4n) is 2.56. The Bertz CT molecular complexity index is 428. The highest BCUT2D eigenvalue weighted by molar-refractivity contribution is 6.42. The summed E-state index contributed by atoms with van der Waals surface area (Å²) in [7, 11) is 0. The van der Waals surface area contributed by atoms with Gasteiger partial charge in [-0.25, -0.2) is 0 Å². The fraction of sp³-hybridized carbons (Fsp3) is 0.571. The van der Waals surface area contributed by atoms with Gasteiger partial charge in [-0.1, -0.05) is 29.3 Å². The van der Waals surface area contributed by atoms with Crippen LogP contribution in [0.15, 0.2) is 18.2 Å². The molecular formula is C14H19Cl2NO. The number of aliphatic hydroxyl groups is 1. The second-order valence-electron chi connectivity index (χ2n) is 5.42. The number of likely N-dealkylation sites (tertiary alicyclic amines) is 1. The Morgan fingerprint density at radius 3 is 2.33 bits per heavy atom. The summed E-state index contributed by atoms with van der Waals surface area (Å²) in [6.07, 6.45) is 1.85. The van der Waals surface area contributed by atoms with Gasteiger partial charge in [-0.2, -0.15) is 0 Å². The average molecular weight is 288 g/mol. The molecule has 100 valence electrons. The standard InChI is InChI=1S/C14H19Cl2NO/c1-14(2,17-7-3-4-8-17)13(18)10-5-6-11(15)12(16)9-10/h5-6,9,13,18H,3-4,7-8H2,1-2H3. The van der Waals surface area contributed by atoms with Crippen LogP contribution in [-0.4, -0.2) is 28.6 Å². The van der Waals surface area contributed by atoms with Gasteiger partial charge in [0.1, 0.15) is 0 Å². The zero-order valence-corrected chi connectivity index (χ0v) is 12.3. The van der Waals surface area contributed by atoms with Gasteiger partial charge in [-0.3, -0.25) is 4.90 Å². The van der Waals surface area contributed by atoms with Gasteiger partial charge in [0.15, 0.2) is 0 Å². The molecule has 2 rings (SSSR count). The van der Waals surface area contributed by atoms with E-state index in [1.54, 1.807) is 12.1 Å². The van der Waals surface area contributed by atoms with Crippen LogP contribution in [-0.2, 0) is 0 Å². The molecule has 4 heteroatoms. The zero-order chi connectivity index (χ0) is 13.3. The molecule has 0 aromatic heterocycles. The largest absolute Gasteiger partial charge is 0.386 e. The van der Waals surface area contributed by atoms with Gasteiger partial charge in [-0.05, 0) is 57.5 Å². The molecule has 1 aliphatic rings. The smallest absolute Gasteiger partial charge is 0.0968 e. The van der Waals surface area contributed by atoms with Crippen molar-refractivity contribution in [1.29, 1.82) is 0 Å². The van der Waals surface area contributed by atoms with E-state index >= 15 is 0 Å². The molecule has 0 radical (unpaired) electrons. The van der Waals surface area contributed by atoms with E-state index in [1.165, 1.54) is 12.8 Å². The molecule has 1 aromatic carbocycles. The van der Waals surface area contributed by atoms with Crippen molar-refractivity contribution >= 4 is 23.2 Å². The van der Waals surface area contributed by atoms with Gasteiger partial charge in [0.05, 0.1) is 16.1 Å². The van der Waals surface area contributed by atoms with E-state index in [0.717, 1.165) is 18.7 Å². The lowest BCUT2D eigenvalue weighted by molar-refractivity contribution is 0.00133. The van der Waals surface area contributed by atoms with E-state index in [0.29, 0.717) is 10.0 Å². The molecule has 2 nitrogen and oxygen atoms in total. The van der Waals surface area contributed by atoms with Crippen molar-refractivity contribution in [2.45, 2.75) is 38.3 Å². The molecule has 1 N–H and O–H groups in total. The minimum Gasteiger partial charge on any atom is -0.386 e. The molecule has 1 atom stereocenters. The van der Waals surface area contributed by atoms with Crippen molar-refractivity contribution in [1.82, 2.24) is 4.90 Å². The van der Waals surface area contributed by atoms with E-state index in [2.05, 4.69) is 18.7 Å². The van der Waals surface area contributed by atoms with E-state index in [9.17, 15) is 5.11 Å². The average Bonchev–Trinajstić information content (AvgIpc) is 2.86. The molecule has 18 heavy (non-hydrogen) atoms. The predicted molar refractivity (Wildman–Crippen MR) is 76.3 cm³/mol. The van der Waals surface area contributed by atoms with Crippen LogP contribution in [0.4, 0.5) is 0 Å². The van der Waals surface area contributed by atoms with Gasteiger partial charge in [0.25, 0.3) is 0 Å². The van der Waals surface area contributed by atoms with Crippen LogP contribution >= 0.6 is 23.2 Å². The van der Waals surface area contributed by atoms with Crippen LogP contribution in [0.1, 0.15) is 38.4 Å². The van der Waals surface area contributed by atoms with Crippen molar-refractivity contribution < 1.29 is 5.11 Å². The molecule has 1 unspecified atom stereocenters. The summed E-state index contributed by atoms with van der Waals surface area (Å²) in [4.78, 5) is 2.33. The fourth-order valence-corrected chi connectivity index (χ4v) is 2.86. The molecule has 0 bridgehead atoms. The first kappa shape index (κ1) is 14.1. The van der Waals surface area contributed by atoms with Gasteiger partial charge < -0.3 is 5.11 Å². The third kappa shape index (κ3) is 2.67. The monoisotopic (exact) mass is 287 g/mol. The first-order valence-electron chi connectivity index (χ1n) is 6.31. The SMILES string of the molecule is CC(C)(C(O)c1ccc(Cl)c(Cl)c1)N1CCCC1. The lowest BCUT2D eigenvalue weighted by atomic mass is 9.90. The van der Waals surface area contributed by atoms with Crippen LogP contribution in [0.5, 0.6) is 0 Å². The lowest BCUT2D eigenvalue weighted by Crippen LogP contribution is -2.46. The molecule has 0 saturated carbocycles. The number of nitrogens with zero attached hydrogens (tertiary/aromatic N) is 1. The zero-order valence-electron chi connectivity index (χ0n) is 10.8. The Labute approximate surface area is 119 Å². The summed E-state index contributed by atoms with van der Waals surface area (Å²) in [5, 5.41) is 11.6. The second kappa shape index (κ2) is 5.38. The highest BCUT2D eigenvalue weighted by Crippen LogP contribution is 2.35. The van der Waals surface area contributed by atoms with E-state index in [4.69, 9.17) is 23.2 Å². The highest BCUT2D eigenvalue weighted by atomic mass is 35.5. The van der Waals surface area contributed by atoms with E-state index in [1.807, 2.05) is 6.07 Å². The summed E-state index contributed by atoms with van der Waals surface area (Å²) >= 11 is 11.9. The van der Waals surface area contributed by atoms with Crippen molar-refractivity contribution in [3.8, 4) is 0 Å². The summed E-state index contributed by atoms with van der Waals surface area (Å²) in [5.41, 5.74) is 0.537. The van der Waals surface area contributed by atoms with Gasteiger partial charge >= 0.3 is 0 Å². The molecular weight excluding hydrogens is 269 g/mol. The summed E-state index contributed by atoms with van der Waals surface area (Å²) < 4.78 is 0. The molecule has 0 aliphatic carbocycles. The number of benzene rings is 1. The third-order valence-corrected chi connectivity index (χ3v) is 4.59. The second-order valence-corrected chi connectivity index (χ2v) is 6.24. The summed E-state index contributed by atoms with van der Waals surface area (Å²) in [5.74, 6) is 0. The number of halogens is 2. The number of hydrogen-bond acceptors (Lipinski definition) is 2. The molecule has 0 amide bonds. The summed E-state index contributed by atoms with van der Waals surface area (Å²) in [6, 6.07) is 5.34. The minimum absolute atomic E-state index is 0.284. The van der Waals surface area contributed by atoms with Crippen LogP contribution in [0.3, 0.4) is 0 Å². The lowest BCUT2D eigenvalue weighted by Gasteiger charge is -2.39. The third-order valence-electron chi connectivity index (χ3n) is 3.85.